The van der Waals surface area contributed by atoms with Crippen molar-refractivity contribution in [2.45, 2.75) is 46.3 Å². The summed E-state index contributed by atoms with van der Waals surface area (Å²) in [5.41, 5.74) is 3.11. The number of nitrogens with zero attached hydrogens (tertiary/aromatic N) is 1. The highest BCUT2D eigenvalue weighted by Gasteiger charge is 2.14. The van der Waals surface area contributed by atoms with Crippen LogP contribution in [0.1, 0.15) is 43.7 Å². The predicted molar refractivity (Wildman–Crippen MR) is 96.7 cm³/mol. The Morgan fingerprint density at radius 1 is 1.30 bits per heavy atom. The molecule has 0 saturated carbocycles. The highest BCUT2D eigenvalue weighted by atomic mass is 32.2. The van der Waals surface area contributed by atoms with Crippen molar-refractivity contribution < 1.29 is 9.21 Å². The molecule has 124 valence electrons. The number of ketones is 1. The second kappa shape index (κ2) is 8.34. The lowest BCUT2D eigenvalue weighted by Gasteiger charge is -2.06. The van der Waals surface area contributed by atoms with Crippen LogP contribution in [-0.2, 0) is 10.5 Å². The van der Waals surface area contributed by atoms with Crippen LogP contribution in [0.25, 0.3) is 11.5 Å². The van der Waals surface area contributed by atoms with Gasteiger partial charge in [0, 0.05) is 17.7 Å². The van der Waals surface area contributed by atoms with E-state index in [0.717, 1.165) is 29.0 Å². The highest BCUT2D eigenvalue weighted by Crippen LogP contribution is 2.26. The van der Waals surface area contributed by atoms with Gasteiger partial charge in [-0.3, -0.25) is 4.79 Å². The molecule has 1 atom stereocenters. The third-order valence-corrected chi connectivity index (χ3v) is 5.05. The fourth-order valence-corrected chi connectivity index (χ4v) is 3.25. The maximum Gasteiger partial charge on any atom is 0.226 e. The molecule has 0 N–H and O–H groups in total. The van der Waals surface area contributed by atoms with Crippen molar-refractivity contribution in [2.24, 2.45) is 5.92 Å². The van der Waals surface area contributed by atoms with E-state index in [1.807, 2.05) is 25.1 Å². The molecule has 1 unspecified atom stereocenters. The van der Waals surface area contributed by atoms with Crippen molar-refractivity contribution >= 4 is 17.5 Å². The van der Waals surface area contributed by atoms with Crippen molar-refractivity contribution in [1.82, 2.24) is 4.98 Å². The van der Waals surface area contributed by atoms with Gasteiger partial charge in [0.25, 0.3) is 0 Å². The van der Waals surface area contributed by atoms with Gasteiger partial charge in [0.2, 0.25) is 5.89 Å². The van der Waals surface area contributed by atoms with Crippen LogP contribution in [0.5, 0.6) is 0 Å². The summed E-state index contributed by atoms with van der Waals surface area (Å²) in [4.78, 5) is 16.5. The van der Waals surface area contributed by atoms with Crippen molar-refractivity contribution in [1.29, 1.82) is 0 Å². The summed E-state index contributed by atoms with van der Waals surface area (Å²) in [5, 5.41) is 0. The average molecular weight is 331 g/mol. The van der Waals surface area contributed by atoms with E-state index in [1.165, 1.54) is 0 Å². The zero-order valence-electron chi connectivity index (χ0n) is 14.4. The van der Waals surface area contributed by atoms with Gasteiger partial charge in [-0.25, -0.2) is 4.98 Å². The van der Waals surface area contributed by atoms with Crippen molar-refractivity contribution in [2.75, 3.05) is 5.75 Å². The first kappa shape index (κ1) is 17.8. The lowest BCUT2D eigenvalue weighted by atomic mass is 10.0. The van der Waals surface area contributed by atoms with Crippen molar-refractivity contribution in [3.05, 3.63) is 41.3 Å². The maximum absolute atomic E-state index is 11.9. The summed E-state index contributed by atoms with van der Waals surface area (Å²) >= 11 is 1.62. The molecule has 1 heterocycles. The number of Topliss-reactive ketones (excluding diaryl/α,β-unsaturated/α-hetero) is 1. The van der Waals surface area contributed by atoms with Crippen LogP contribution in [-0.4, -0.2) is 16.5 Å². The van der Waals surface area contributed by atoms with Crippen molar-refractivity contribution in [3.63, 3.8) is 0 Å². The summed E-state index contributed by atoms with van der Waals surface area (Å²) in [6.07, 6.45) is 1.73. The molecular weight excluding hydrogens is 306 g/mol. The fraction of sp³-hybridized carbons (Fsp3) is 0.474. The number of aryl methyl sites for hydroxylation is 2. The molecule has 2 aromatic rings. The van der Waals surface area contributed by atoms with Crippen LogP contribution >= 0.6 is 11.8 Å². The van der Waals surface area contributed by atoms with Crippen LogP contribution in [0.15, 0.2) is 28.7 Å². The van der Waals surface area contributed by atoms with Gasteiger partial charge < -0.3 is 4.42 Å². The molecule has 2 rings (SSSR count). The topological polar surface area (TPSA) is 43.1 Å². The Morgan fingerprint density at radius 3 is 2.74 bits per heavy atom. The Morgan fingerprint density at radius 2 is 2.04 bits per heavy atom. The molecule has 0 radical (unpaired) electrons. The van der Waals surface area contributed by atoms with E-state index < -0.39 is 0 Å². The Bertz CT molecular complexity index is 663. The summed E-state index contributed by atoms with van der Waals surface area (Å²) in [5.74, 6) is 3.57. The molecule has 1 aromatic heterocycles. The number of aromatic nitrogens is 1. The van der Waals surface area contributed by atoms with E-state index in [4.69, 9.17) is 4.42 Å². The lowest BCUT2D eigenvalue weighted by Crippen LogP contribution is -2.07. The average Bonchev–Trinajstić information content (AvgIpc) is 2.88. The van der Waals surface area contributed by atoms with Crippen LogP contribution < -0.4 is 0 Å². The van der Waals surface area contributed by atoms with E-state index in [2.05, 4.69) is 31.8 Å². The van der Waals surface area contributed by atoms with E-state index >= 15 is 0 Å². The quantitative estimate of drug-likeness (QED) is 0.667. The van der Waals surface area contributed by atoms with Gasteiger partial charge in [0.15, 0.2) is 0 Å². The number of benzene rings is 1. The maximum atomic E-state index is 11.9. The van der Waals surface area contributed by atoms with Crippen LogP contribution in [0, 0.1) is 19.8 Å². The van der Waals surface area contributed by atoms with E-state index in [-0.39, 0.29) is 0 Å². The summed E-state index contributed by atoms with van der Waals surface area (Å²) in [6.45, 7) is 8.23. The Balaban J connectivity index is 1.95. The molecule has 0 aliphatic heterocycles. The van der Waals surface area contributed by atoms with Gasteiger partial charge in [-0.05, 0) is 31.4 Å². The standard InChI is InChI=1S/C19H25NO2S/c1-5-13(2)10-16(21)11-23-12-18-15(4)22-19(20-18)17-9-7-6-8-14(17)3/h6-9,13H,5,10-12H2,1-4H3. The van der Waals surface area contributed by atoms with E-state index in [0.29, 0.717) is 35.5 Å². The summed E-state index contributed by atoms with van der Waals surface area (Å²) in [6, 6.07) is 8.07. The first-order chi connectivity index (χ1) is 11.0. The molecule has 0 spiro atoms. The molecule has 0 aliphatic carbocycles. The number of thioether (sulfide) groups is 1. The fourth-order valence-electron chi connectivity index (χ4n) is 2.34. The molecular formula is C19H25NO2S. The Hall–Kier alpha value is -1.55. The largest absolute Gasteiger partial charge is 0.441 e. The Kier molecular flexibility index (Phi) is 6.46. The number of oxazole rings is 1. The van der Waals surface area contributed by atoms with Crippen LogP contribution in [0.3, 0.4) is 0 Å². The minimum atomic E-state index is 0.324. The Labute approximate surface area is 142 Å². The van der Waals surface area contributed by atoms with Crippen molar-refractivity contribution in [3.8, 4) is 11.5 Å². The predicted octanol–water partition coefficient (Wildman–Crippen LogP) is 5.20. The molecule has 1 aromatic carbocycles. The number of hydrogen-bond acceptors (Lipinski definition) is 4. The van der Waals surface area contributed by atoms with Gasteiger partial charge in [-0.1, -0.05) is 38.5 Å². The number of carbonyl (C=O) groups excluding carboxylic acids is 1. The molecule has 0 saturated heterocycles. The highest BCUT2D eigenvalue weighted by molar-refractivity contribution is 7.99. The summed E-state index contributed by atoms with van der Waals surface area (Å²) < 4.78 is 5.81. The van der Waals surface area contributed by atoms with Gasteiger partial charge in [-0.2, -0.15) is 0 Å². The zero-order valence-corrected chi connectivity index (χ0v) is 15.2. The van der Waals surface area contributed by atoms with E-state index in [9.17, 15) is 4.79 Å². The molecule has 0 amide bonds. The first-order valence-corrected chi connectivity index (χ1v) is 9.28. The van der Waals surface area contributed by atoms with Crippen LogP contribution in [0.2, 0.25) is 0 Å². The van der Waals surface area contributed by atoms with Gasteiger partial charge in [-0.15, -0.1) is 11.8 Å². The lowest BCUT2D eigenvalue weighted by molar-refractivity contribution is -0.117. The number of hydrogen-bond donors (Lipinski definition) is 0. The third-order valence-electron chi connectivity index (χ3n) is 4.04. The van der Waals surface area contributed by atoms with Gasteiger partial charge in [0.1, 0.15) is 11.5 Å². The van der Waals surface area contributed by atoms with E-state index in [1.54, 1.807) is 11.8 Å². The molecule has 0 fully saturated rings. The monoisotopic (exact) mass is 331 g/mol. The summed E-state index contributed by atoms with van der Waals surface area (Å²) in [7, 11) is 0. The SMILES string of the molecule is CCC(C)CC(=O)CSCc1nc(-c2ccccc2C)oc1C. The molecule has 23 heavy (non-hydrogen) atoms. The minimum Gasteiger partial charge on any atom is -0.441 e. The number of carbonyl (C=O) groups is 1. The second-order valence-electron chi connectivity index (χ2n) is 6.09. The smallest absolute Gasteiger partial charge is 0.226 e. The number of rotatable bonds is 8. The van der Waals surface area contributed by atoms with Gasteiger partial charge >= 0.3 is 0 Å². The molecule has 4 heteroatoms. The third kappa shape index (κ3) is 4.96. The molecule has 0 aliphatic rings. The normalized spacial score (nSPS) is 12.3. The second-order valence-corrected chi connectivity index (χ2v) is 7.07. The first-order valence-electron chi connectivity index (χ1n) is 8.13. The molecule has 3 nitrogen and oxygen atoms in total. The van der Waals surface area contributed by atoms with Crippen LogP contribution in [0.4, 0.5) is 0 Å². The van der Waals surface area contributed by atoms with Gasteiger partial charge in [0.05, 0.1) is 11.4 Å². The zero-order chi connectivity index (χ0) is 16.8. The minimum absolute atomic E-state index is 0.324. The molecule has 0 bridgehead atoms.